The van der Waals surface area contributed by atoms with Crippen LogP contribution in [0.1, 0.15) is 38.5 Å². The molecule has 1 aliphatic rings. The van der Waals surface area contributed by atoms with Crippen LogP contribution in [-0.4, -0.2) is 36.3 Å². The van der Waals surface area contributed by atoms with Gasteiger partial charge in [0.15, 0.2) is 5.96 Å². The lowest BCUT2D eigenvalue weighted by atomic mass is 9.96. The summed E-state index contributed by atoms with van der Waals surface area (Å²) in [7, 11) is 1.85. The Bertz CT molecular complexity index is 392. The first-order chi connectivity index (χ1) is 9.88. The summed E-state index contributed by atoms with van der Waals surface area (Å²) in [5.41, 5.74) is 0. The average Bonchev–Trinajstić information content (AvgIpc) is 3.00. The van der Waals surface area contributed by atoms with Crippen molar-refractivity contribution in [2.75, 3.05) is 19.3 Å². The fourth-order valence-electron chi connectivity index (χ4n) is 2.35. The van der Waals surface area contributed by atoms with Crippen LogP contribution in [0.5, 0.6) is 0 Å². The van der Waals surface area contributed by atoms with Crippen molar-refractivity contribution in [3.05, 3.63) is 11.6 Å². The highest BCUT2D eigenvalue weighted by Crippen LogP contribution is 2.20. The highest BCUT2D eigenvalue weighted by atomic mass is 127. The van der Waals surface area contributed by atoms with Crippen molar-refractivity contribution in [2.24, 2.45) is 4.99 Å². The highest BCUT2D eigenvalue weighted by Gasteiger charge is 2.13. The number of rotatable bonds is 6. The van der Waals surface area contributed by atoms with E-state index >= 15 is 0 Å². The summed E-state index contributed by atoms with van der Waals surface area (Å²) in [6.07, 6.45) is 9.62. The maximum absolute atomic E-state index is 4.31. The molecule has 7 heteroatoms. The van der Waals surface area contributed by atoms with Gasteiger partial charge in [0.1, 0.15) is 4.34 Å². The van der Waals surface area contributed by atoms with Gasteiger partial charge in [-0.3, -0.25) is 4.99 Å². The van der Waals surface area contributed by atoms with Gasteiger partial charge in [-0.1, -0.05) is 31.0 Å². The Hall–Kier alpha value is -0.0200. The largest absolute Gasteiger partial charge is 0.356 e. The van der Waals surface area contributed by atoms with Gasteiger partial charge in [0.05, 0.1) is 0 Å². The molecule has 1 heterocycles. The van der Waals surface area contributed by atoms with E-state index in [9.17, 15) is 0 Å². The second kappa shape index (κ2) is 11.5. The van der Waals surface area contributed by atoms with Crippen LogP contribution in [0.2, 0.25) is 0 Å². The number of nitrogens with zero attached hydrogens (tertiary/aromatic N) is 2. The van der Waals surface area contributed by atoms with Crippen molar-refractivity contribution in [3.63, 3.8) is 0 Å². The number of hydrogen-bond donors (Lipinski definition) is 2. The minimum absolute atomic E-state index is 0. The Balaban J connectivity index is 0.00000220. The maximum Gasteiger partial charge on any atom is 0.191 e. The lowest BCUT2D eigenvalue weighted by Crippen LogP contribution is -2.44. The third-order valence-corrected chi connectivity index (χ3v) is 5.47. The molecule has 120 valence electrons. The van der Waals surface area contributed by atoms with Gasteiger partial charge < -0.3 is 10.6 Å². The number of guanidine groups is 1. The highest BCUT2D eigenvalue weighted by molar-refractivity contribution is 14.0. The molecule has 21 heavy (non-hydrogen) atoms. The maximum atomic E-state index is 4.31. The van der Waals surface area contributed by atoms with E-state index in [-0.39, 0.29) is 24.0 Å². The lowest BCUT2D eigenvalue weighted by molar-refractivity contribution is 0.410. The first kappa shape index (κ1) is 19.0. The Kier molecular flexibility index (Phi) is 10.5. The summed E-state index contributed by atoms with van der Waals surface area (Å²) in [6.45, 7) is 0.963. The number of thiazole rings is 1. The molecule has 0 atom stereocenters. The number of aromatic nitrogens is 1. The zero-order chi connectivity index (χ0) is 14.0. The number of halogens is 1. The van der Waals surface area contributed by atoms with Crippen LogP contribution in [-0.2, 0) is 0 Å². The van der Waals surface area contributed by atoms with E-state index in [0.717, 1.165) is 29.0 Å². The molecule has 0 saturated heterocycles. The first-order valence-corrected chi connectivity index (χ1v) is 9.24. The molecule has 1 saturated carbocycles. The van der Waals surface area contributed by atoms with Gasteiger partial charge in [0.25, 0.3) is 0 Å². The molecular formula is C14H25IN4S2. The third kappa shape index (κ3) is 7.69. The zero-order valence-corrected chi connectivity index (χ0v) is 16.5. The van der Waals surface area contributed by atoms with Gasteiger partial charge in [-0.15, -0.1) is 35.3 Å². The average molecular weight is 440 g/mol. The van der Waals surface area contributed by atoms with Gasteiger partial charge in [-0.2, -0.15) is 0 Å². The van der Waals surface area contributed by atoms with Crippen LogP contribution >= 0.6 is 47.1 Å². The van der Waals surface area contributed by atoms with Gasteiger partial charge in [0, 0.05) is 37.0 Å². The molecule has 0 aliphatic heterocycles. The second-order valence-corrected chi connectivity index (χ2v) is 7.21. The fourth-order valence-corrected chi connectivity index (χ4v) is 4.00. The van der Waals surface area contributed by atoms with Crippen molar-refractivity contribution in [1.29, 1.82) is 0 Å². The van der Waals surface area contributed by atoms with Crippen LogP contribution < -0.4 is 10.6 Å². The quantitative estimate of drug-likeness (QED) is 0.233. The van der Waals surface area contributed by atoms with Crippen molar-refractivity contribution in [1.82, 2.24) is 15.6 Å². The van der Waals surface area contributed by atoms with Gasteiger partial charge in [0.2, 0.25) is 0 Å². The first-order valence-electron chi connectivity index (χ1n) is 7.38. The minimum Gasteiger partial charge on any atom is -0.356 e. The van der Waals surface area contributed by atoms with Crippen LogP contribution in [0, 0.1) is 0 Å². The molecule has 1 aromatic rings. The molecule has 2 N–H and O–H groups in total. The predicted molar refractivity (Wildman–Crippen MR) is 104 cm³/mol. The summed E-state index contributed by atoms with van der Waals surface area (Å²) in [4.78, 5) is 8.57. The lowest BCUT2D eigenvalue weighted by Gasteiger charge is -2.24. The van der Waals surface area contributed by atoms with Gasteiger partial charge in [-0.25, -0.2) is 4.98 Å². The molecule has 0 radical (unpaired) electrons. The Morgan fingerprint density at radius 1 is 1.43 bits per heavy atom. The van der Waals surface area contributed by atoms with E-state index < -0.39 is 0 Å². The molecule has 4 nitrogen and oxygen atoms in total. The number of nitrogens with one attached hydrogen (secondary N) is 2. The molecule has 2 rings (SSSR count). The van der Waals surface area contributed by atoms with Crippen molar-refractivity contribution in [2.45, 2.75) is 48.9 Å². The van der Waals surface area contributed by atoms with E-state index in [2.05, 4.69) is 20.6 Å². The summed E-state index contributed by atoms with van der Waals surface area (Å²) < 4.78 is 1.16. The summed E-state index contributed by atoms with van der Waals surface area (Å²) >= 11 is 3.54. The summed E-state index contributed by atoms with van der Waals surface area (Å²) in [6, 6.07) is 0.611. The molecule has 0 aromatic carbocycles. The van der Waals surface area contributed by atoms with Crippen LogP contribution in [0.3, 0.4) is 0 Å². The Labute approximate surface area is 153 Å². The fraction of sp³-hybridized carbons (Fsp3) is 0.714. The van der Waals surface area contributed by atoms with Gasteiger partial charge in [-0.05, 0) is 19.3 Å². The van der Waals surface area contributed by atoms with Gasteiger partial charge >= 0.3 is 0 Å². The van der Waals surface area contributed by atoms with E-state index in [0.29, 0.717) is 6.04 Å². The minimum atomic E-state index is 0. The normalized spacial score (nSPS) is 16.3. The Morgan fingerprint density at radius 3 is 2.90 bits per heavy atom. The Morgan fingerprint density at radius 2 is 2.24 bits per heavy atom. The number of aliphatic imine (C=N–C) groups is 1. The van der Waals surface area contributed by atoms with Crippen LogP contribution in [0.15, 0.2) is 20.9 Å². The molecular weight excluding hydrogens is 415 g/mol. The van der Waals surface area contributed by atoms with Crippen molar-refractivity contribution >= 4 is 53.0 Å². The molecule has 1 aromatic heterocycles. The van der Waals surface area contributed by atoms with E-state index in [1.54, 1.807) is 11.3 Å². The monoisotopic (exact) mass is 440 g/mol. The van der Waals surface area contributed by atoms with Crippen LogP contribution in [0.4, 0.5) is 0 Å². The summed E-state index contributed by atoms with van der Waals surface area (Å²) in [5.74, 6) is 2.05. The van der Waals surface area contributed by atoms with E-state index in [1.165, 1.54) is 32.1 Å². The van der Waals surface area contributed by atoms with E-state index in [1.807, 2.05) is 30.4 Å². The molecule has 0 amide bonds. The molecule has 1 fully saturated rings. The molecule has 1 aliphatic carbocycles. The second-order valence-electron chi connectivity index (χ2n) is 4.98. The standard InChI is InChI=1S/C14H24N4S2.HI/c1-15-13(18-12-6-3-2-4-7-12)16-8-5-10-19-14-17-9-11-20-14;/h9,11-12H,2-8,10H2,1H3,(H2,15,16,18);1H. The molecule has 0 spiro atoms. The van der Waals surface area contributed by atoms with Crippen LogP contribution in [0.25, 0.3) is 0 Å². The van der Waals surface area contributed by atoms with E-state index in [4.69, 9.17) is 0 Å². The number of hydrogen-bond acceptors (Lipinski definition) is 4. The summed E-state index contributed by atoms with van der Waals surface area (Å²) in [5, 5.41) is 8.96. The third-order valence-electron chi connectivity index (χ3n) is 3.42. The molecule has 0 bridgehead atoms. The van der Waals surface area contributed by atoms with Crippen molar-refractivity contribution < 1.29 is 0 Å². The SMILES string of the molecule is CN=C(NCCCSc1nccs1)NC1CCCCC1.I. The number of thioether (sulfide) groups is 1. The predicted octanol–water partition coefficient (Wildman–Crippen LogP) is 3.74. The van der Waals surface area contributed by atoms with Crippen molar-refractivity contribution in [3.8, 4) is 0 Å². The molecule has 0 unspecified atom stereocenters. The smallest absolute Gasteiger partial charge is 0.191 e. The topological polar surface area (TPSA) is 49.3 Å². The zero-order valence-electron chi connectivity index (χ0n) is 12.5.